The van der Waals surface area contributed by atoms with E-state index in [0.29, 0.717) is 5.75 Å². The maximum absolute atomic E-state index is 10.1. The zero-order chi connectivity index (χ0) is 25.2. The lowest BCUT2D eigenvalue weighted by molar-refractivity contribution is 0.475. The minimum absolute atomic E-state index is 0.293. The van der Waals surface area contributed by atoms with Gasteiger partial charge in [0.1, 0.15) is 5.75 Å². The molecule has 0 heterocycles. The molecule has 1 N–H and O–H groups in total. The van der Waals surface area contributed by atoms with Crippen LogP contribution in [0.3, 0.4) is 0 Å². The third kappa shape index (κ3) is 6.66. The molecule has 0 saturated heterocycles. The Morgan fingerprint density at radius 1 is 0.556 bits per heavy atom. The van der Waals surface area contributed by atoms with Gasteiger partial charge in [0.05, 0.1) is 0 Å². The molecule has 4 aromatic carbocycles. The fraction of sp³-hybridized carbons (Fsp3) is 0.314. The molecule has 0 spiro atoms. The van der Waals surface area contributed by atoms with Crippen LogP contribution in [0.2, 0.25) is 0 Å². The summed E-state index contributed by atoms with van der Waals surface area (Å²) < 4.78 is 0. The topological polar surface area (TPSA) is 20.2 Å². The van der Waals surface area contributed by atoms with Crippen molar-refractivity contribution in [3.05, 3.63) is 102 Å². The summed E-state index contributed by atoms with van der Waals surface area (Å²) in [4.78, 5) is 0. The monoisotopic (exact) mass is 476 g/mol. The summed E-state index contributed by atoms with van der Waals surface area (Å²) in [5, 5.41) is 10.1. The molecule has 1 heteroatoms. The standard InChI is InChI=1S/C35H40O/c1-3-4-5-6-7-8-9-10-17-28-18-14-19-29(25-28)32-22-11-12-23-34(32)35-27(2)16-13-24-33(35)30-20-15-21-31(36)26-30/h11-16,18-26,36H,3-10,17H2,1-2H3. The fourth-order valence-electron chi connectivity index (χ4n) is 5.25. The highest BCUT2D eigenvalue weighted by atomic mass is 16.3. The SMILES string of the molecule is CCCCCCCCCCc1cccc(-c2ccccc2-c2c(C)cccc2-c2cccc(O)c2)c1. The van der Waals surface area contributed by atoms with Crippen LogP contribution >= 0.6 is 0 Å². The molecule has 0 fully saturated rings. The minimum Gasteiger partial charge on any atom is -0.508 e. The predicted octanol–water partition coefficient (Wildman–Crippen LogP) is 10.4. The van der Waals surface area contributed by atoms with Gasteiger partial charge in [0.25, 0.3) is 0 Å². The van der Waals surface area contributed by atoms with Gasteiger partial charge in [-0.2, -0.15) is 0 Å². The summed E-state index contributed by atoms with van der Waals surface area (Å²) in [6, 6.07) is 31.8. The van der Waals surface area contributed by atoms with Crippen LogP contribution in [0.4, 0.5) is 0 Å². The Hall–Kier alpha value is -3.32. The minimum atomic E-state index is 0.293. The lowest BCUT2D eigenvalue weighted by atomic mass is 9.86. The predicted molar refractivity (Wildman–Crippen MR) is 155 cm³/mol. The van der Waals surface area contributed by atoms with Crippen LogP contribution in [0, 0.1) is 6.92 Å². The Balaban J connectivity index is 1.56. The van der Waals surface area contributed by atoms with E-state index in [1.54, 1.807) is 6.07 Å². The van der Waals surface area contributed by atoms with Crippen LogP contribution in [0.15, 0.2) is 91.0 Å². The molecule has 0 saturated carbocycles. The van der Waals surface area contributed by atoms with Crippen molar-refractivity contribution in [1.82, 2.24) is 0 Å². The molecule has 4 rings (SSSR count). The highest BCUT2D eigenvalue weighted by Gasteiger charge is 2.15. The Kier molecular flexibility index (Phi) is 9.39. The average Bonchev–Trinajstić information content (AvgIpc) is 2.90. The Morgan fingerprint density at radius 3 is 1.92 bits per heavy atom. The van der Waals surface area contributed by atoms with Crippen molar-refractivity contribution < 1.29 is 5.11 Å². The molecule has 0 aliphatic carbocycles. The first-order chi connectivity index (χ1) is 17.7. The normalized spacial score (nSPS) is 11.1. The molecule has 186 valence electrons. The second-order valence-electron chi connectivity index (χ2n) is 10.0. The summed E-state index contributed by atoms with van der Waals surface area (Å²) in [6.07, 6.45) is 12.0. The number of hydrogen-bond donors (Lipinski definition) is 1. The van der Waals surface area contributed by atoms with Gasteiger partial charge >= 0.3 is 0 Å². The summed E-state index contributed by atoms with van der Waals surface area (Å²) in [5.74, 6) is 0.293. The second kappa shape index (κ2) is 13.1. The molecule has 0 bridgehead atoms. The van der Waals surface area contributed by atoms with E-state index < -0.39 is 0 Å². The molecule has 0 atom stereocenters. The first-order valence-corrected chi connectivity index (χ1v) is 13.7. The number of hydrogen-bond acceptors (Lipinski definition) is 1. The van der Waals surface area contributed by atoms with Crippen LogP contribution in [0.25, 0.3) is 33.4 Å². The molecule has 1 nitrogen and oxygen atoms in total. The van der Waals surface area contributed by atoms with Crippen molar-refractivity contribution in [2.45, 2.75) is 71.6 Å². The van der Waals surface area contributed by atoms with E-state index >= 15 is 0 Å². The molecule has 4 aromatic rings. The van der Waals surface area contributed by atoms with Gasteiger partial charge in [-0.05, 0) is 76.4 Å². The van der Waals surface area contributed by atoms with Crippen molar-refractivity contribution in [3.8, 4) is 39.1 Å². The number of rotatable bonds is 12. The zero-order valence-electron chi connectivity index (χ0n) is 22.0. The van der Waals surface area contributed by atoms with E-state index in [2.05, 4.69) is 86.6 Å². The molecule has 36 heavy (non-hydrogen) atoms. The third-order valence-corrected chi connectivity index (χ3v) is 7.18. The molecule has 0 amide bonds. The van der Waals surface area contributed by atoms with Crippen LogP contribution in [-0.2, 0) is 6.42 Å². The summed E-state index contributed by atoms with van der Waals surface area (Å²) >= 11 is 0. The summed E-state index contributed by atoms with van der Waals surface area (Å²) in [6.45, 7) is 4.46. The number of phenolic OH excluding ortho intramolecular Hbond substituents is 1. The zero-order valence-corrected chi connectivity index (χ0v) is 22.0. The van der Waals surface area contributed by atoms with E-state index in [1.165, 1.54) is 84.7 Å². The molecule has 0 aliphatic heterocycles. The average molecular weight is 477 g/mol. The van der Waals surface area contributed by atoms with Gasteiger partial charge in [0.15, 0.2) is 0 Å². The lowest BCUT2D eigenvalue weighted by Gasteiger charge is -2.18. The number of phenols is 1. The molecule has 0 aliphatic rings. The Labute approximate surface area is 217 Å². The Bertz CT molecular complexity index is 1250. The lowest BCUT2D eigenvalue weighted by Crippen LogP contribution is -1.93. The molecule has 0 unspecified atom stereocenters. The van der Waals surface area contributed by atoms with Crippen molar-refractivity contribution in [3.63, 3.8) is 0 Å². The quantitative estimate of drug-likeness (QED) is 0.202. The number of aryl methyl sites for hydroxylation is 2. The molecule has 0 radical (unpaired) electrons. The number of aromatic hydroxyl groups is 1. The van der Waals surface area contributed by atoms with Crippen LogP contribution in [0.1, 0.15) is 69.4 Å². The maximum Gasteiger partial charge on any atom is 0.116 e. The van der Waals surface area contributed by atoms with Gasteiger partial charge in [-0.15, -0.1) is 0 Å². The van der Waals surface area contributed by atoms with E-state index in [9.17, 15) is 5.11 Å². The van der Waals surface area contributed by atoms with Gasteiger partial charge in [0.2, 0.25) is 0 Å². The van der Waals surface area contributed by atoms with Crippen molar-refractivity contribution in [2.24, 2.45) is 0 Å². The van der Waals surface area contributed by atoms with Crippen molar-refractivity contribution in [1.29, 1.82) is 0 Å². The fourth-order valence-corrected chi connectivity index (χ4v) is 5.25. The summed E-state index contributed by atoms with van der Waals surface area (Å²) in [7, 11) is 0. The first-order valence-electron chi connectivity index (χ1n) is 13.7. The second-order valence-corrected chi connectivity index (χ2v) is 10.0. The first kappa shape index (κ1) is 25.8. The highest BCUT2D eigenvalue weighted by Crippen LogP contribution is 2.40. The molecular weight excluding hydrogens is 436 g/mol. The maximum atomic E-state index is 10.1. The van der Waals surface area contributed by atoms with Crippen molar-refractivity contribution in [2.75, 3.05) is 0 Å². The van der Waals surface area contributed by atoms with Crippen LogP contribution < -0.4 is 0 Å². The van der Waals surface area contributed by atoms with Gasteiger partial charge in [-0.25, -0.2) is 0 Å². The van der Waals surface area contributed by atoms with E-state index in [4.69, 9.17) is 0 Å². The van der Waals surface area contributed by atoms with E-state index in [1.807, 2.05) is 12.1 Å². The van der Waals surface area contributed by atoms with Gasteiger partial charge in [-0.1, -0.05) is 131 Å². The smallest absolute Gasteiger partial charge is 0.116 e. The van der Waals surface area contributed by atoms with Crippen LogP contribution in [-0.4, -0.2) is 5.11 Å². The number of benzene rings is 4. The van der Waals surface area contributed by atoms with E-state index in [-0.39, 0.29) is 0 Å². The van der Waals surface area contributed by atoms with Gasteiger partial charge in [0, 0.05) is 0 Å². The molecule has 0 aromatic heterocycles. The van der Waals surface area contributed by atoms with Crippen molar-refractivity contribution >= 4 is 0 Å². The number of unbranched alkanes of at least 4 members (excludes halogenated alkanes) is 7. The summed E-state index contributed by atoms with van der Waals surface area (Å²) in [5.41, 5.74) is 9.83. The van der Waals surface area contributed by atoms with Gasteiger partial charge < -0.3 is 5.11 Å². The van der Waals surface area contributed by atoms with Gasteiger partial charge in [-0.3, -0.25) is 0 Å². The largest absolute Gasteiger partial charge is 0.508 e. The third-order valence-electron chi connectivity index (χ3n) is 7.18. The highest BCUT2D eigenvalue weighted by molar-refractivity contribution is 5.93. The van der Waals surface area contributed by atoms with Crippen LogP contribution in [0.5, 0.6) is 5.75 Å². The molecular formula is C35H40O. The van der Waals surface area contributed by atoms with E-state index in [0.717, 1.165) is 17.5 Å². The Morgan fingerprint density at radius 2 is 1.17 bits per heavy atom.